The van der Waals surface area contributed by atoms with Crippen molar-refractivity contribution < 1.29 is 19.2 Å². The predicted octanol–water partition coefficient (Wildman–Crippen LogP) is 2.79. The van der Waals surface area contributed by atoms with Crippen LogP contribution in [0, 0.1) is 17.0 Å². The summed E-state index contributed by atoms with van der Waals surface area (Å²) in [4.78, 5) is 37.8. The van der Waals surface area contributed by atoms with Gasteiger partial charge >= 0.3 is 5.97 Å². The summed E-state index contributed by atoms with van der Waals surface area (Å²) in [6.07, 6.45) is 1.59. The van der Waals surface area contributed by atoms with Gasteiger partial charge in [-0.15, -0.1) is 0 Å². The van der Waals surface area contributed by atoms with Crippen LogP contribution in [0.5, 0.6) is 0 Å². The second-order valence-corrected chi connectivity index (χ2v) is 5.97. The second-order valence-electron chi connectivity index (χ2n) is 5.11. The number of nitro groups is 1. The van der Waals surface area contributed by atoms with E-state index >= 15 is 0 Å². The minimum Gasteiger partial charge on any atom is -0.455 e. The molecule has 8 nitrogen and oxygen atoms in total. The van der Waals surface area contributed by atoms with Gasteiger partial charge < -0.3 is 10.1 Å². The van der Waals surface area contributed by atoms with Crippen LogP contribution in [0.1, 0.15) is 11.3 Å². The average molecular weight is 408 g/mol. The molecule has 2 aromatic rings. The van der Waals surface area contributed by atoms with Gasteiger partial charge in [0.05, 0.1) is 17.0 Å². The van der Waals surface area contributed by atoms with Crippen LogP contribution in [0.4, 0.5) is 11.4 Å². The highest BCUT2D eigenvalue weighted by Gasteiger charge is 2.13. The van der Waals surface area contributed by atoms with Crippen LogP contribution in [-0.2, 0) is 20.7 Å². The molecule has 1 heterocycles. The maximum absolute atomic E-state index is 11.8. The molecule has 0 saturated heterocycles. The molecule has 0 fully saturated rings. The number of aromatic nitrogens is 1. The summed E-state index contributed by atoms with van der Waals surface area (Å²) >= 11 is 3.14. The summed E-state index contributed by atoms with van der Waals surface area (Å²) < 4.78 is 5.26. The zero-order chi connectivity index (χ0) is 18.4. The van der Waals surface area contributed by atoms with Gasteiger partial charge in [0.1, 0.15) is 0 Å². The molecule has 0 atom stereocenters. The summed E-state index contributed by atoms with van der Waals surface area (Å²) in [5.74, 6) is -1.10. The third-order valence-corrected chi connectivity index (χ3v) is 3.78. The van der Waals surface area contributed by atoms with Gasteiger partial charge in [0, 0.05) is 28.5 Å². The van der Waals surface area contributed by atoms with E-state index in [0.717, 1.165) is 5.69 Å². The first-order valence-electron chi connectivity index (χ1n) is 7.16. The van der Waals surface area contributed by atoms with Crippen molar-refractivity contribution in [3.63, 3.8) is 0 Å². The fourth-order valence-corrected chi connectivity index (χ4v) is 2.34. The van der Waals surface area contributed by atoms with Gasteiger partial charge in [-0.2, -0.15) is 0 Å². The van der Waals surface area contributed by atoms with Crippen molar-refractivity contribution in [2.24, 2.45) is 0 Å². The molecule has 0 aliphatic heterocycles. The van der Waals surface area contributed by atoms with Crippen molar-refractivity contribution in [2.45, 2.75) is 13.3 Å². The maximum atomic E-state index is 11.8. The lowest BCUT2D eigenvalue weighted by atomic mass is 10.2. The first-order chi connectivity index (χ1) is 11.8. The molecule has 0 spiro atoms. The van der Waals surface area contributed by atoms with E-state index < -0.39 is 23.4 Å². The standard InChI is InChI=1S/C16H14BrN3O5/c1-10-2-3-11(8-18-10)6-16(22)25-9-15(21)19-14-5-4-12(20(23)24)7-13(14)17/h2-5,7-8H,6,9H2,1H3,(H,19,21). The lowest BCUT2D eigenvalue weighted by Gasteiger charge is -2.08. The van der Waals surface area contributed by atoms with Crippen LogP contribution >= 0.6 is 15.9 Å². The Labute approximate surface area is 151 Å². The number of benzene rings is 1. The SMILES string of the molecule is Cc1ccc(CC(=O)OCC(=O)Nc2ccc([N+](=O)[O-])cc2Br)cn1. The maximum Gasteiger partial charge on any atom is 0.310 e. The number of carbonyl (C=O) groups is 2. The Morgan fingerprint density at radius 1 is 1.32 bits per heavy atom. The molecular weight excluding hydrogens is 394 g/mol. The van der Waals surface area contributed by atoms with Crippen LogP contribution in [0.25, 0.3) is 0 Å². The van der Waals surface area contributed by atoms with Crippen molar-refractivity contribution >= 4 is 39.2 Å². The molecule has 25 heavy (non-hydrogen) atoms. The van der Waals surface area contributed by atoms with Crippen molar-refractivity contribution in [1.82, 2.24) is 4.98 Å². The summed E-state index contributed by atoms with van der Waals surface area (Å²) in [7, 11) is 0. The van der Waals surface area contributed by atoms with Gasteiger partial charge in [-0.25, -0.2) is 0 Å². The number of nitrogens with zero attached hydrogens (tertiary/aromatic N) is 2. The minimum absolute atomic E-state index is 0.0157. The third-order valence-electron chi connectivity index (χ3n) is 3.12. The molecular formula is C16H14BrN3O5. The highest BCUT2D eigenvalue weighted by molar-refractivity contribution is 9.10. The van der Waals surface area contributed by atoms with Crippen molar-refractivity contribution in [3.8, 4) is 0 Å². The Hall–Kier alpha value is -2.81. The minimum atomic E-state index is -0.552. The Bertz CT molecular complexity index is 808. The number of ether oxygens (including phenoxy) is 1. The lowest BCUT2D eigenvalue weighted by molar-refractivity contribution is -0.384. The van der Waals surface area contributed by atoms with Crippen LogP contribution in [0.3, 0.4) is 0 Å². The zero-order valence-electron chi connectivity index (χ0n) is 13.2. The number of esters is 1. The Morgan fingerprint density at radius 2 is 2.08 bits per heavy atom. The quantitative estimate of drug-likeness (QED) is 0.447. The predicted molar refractivity (Wildman–Crippen MR) is 93.1 cm³/mol. The molecule has 0 saturated carbocycles. The second kappa shape index (κ2) is 8.34. The molecule has 0 aliphatic rings. The molecule has 1 amide bonds. The summed E-state index contributed by atoms with van der Waals surface area (Å²) in [5, 5.41) is 13.2. The monoisotopic (exact) mass is 407 g/mol. The molecule has 1 N–H and O–H groups in total. The normalized spacial score (nSPS) is 10.2. The zero-order valence-corrected chi connectivity index (χ0v) is 14.8. The number of carbonyl (C=O) groups excluding carboxylic acids is 2. The molecule has 1 aromatic carbocycles. The first kappa shape index (κ1) is 18.5. The number of halogens is 1. The van der Waals surface area contributed by atoms with Gasteiger partial charge in [-0.05, 0) is 40.5 Å². The highest BCUT2D eigenvalue weighted by Crippen LogP contribution is 2.26. The molecule has 2 rings (SSSR count). The Kier molecular flexibility index (Phi) is 6.18. The molecule has 0 aliphatic carbocycles. The van der Waals surface area contributed by atoms with Gasteiger partial charge in [0.15, 0.2) is 6.61 Å². The number of nitro benzene ring substituents is 1. The summed E-state index contributed by atoms with van der Waals surface area (Å²) in [6.45, 7) is 1.38. The van der Waals surface area contributed by atoms with E-state index in [2.05, 4.69) is 26.2 Å². The van der Waals surface area contributed by atoms with Gasteiger partial charge in [-0.3, -0.25) is 24.7 Å². The van der Waals surface area contributed by atoms with Gasteiger partial charge in [-0.1, -0.05) is 6.07 Å². The van der Waals surface area contributed by atoms with E-state index in [-0.39, 0.29) is 12.1 Å². The van der Waals surface area contributed by atoms with E-state index in [1.54, 1.807) is 18.3 Å². The van der Waals surface area contributed by atoms with Crippen molar-refractivity contribution in [1.29, 1.82) is 0 Å². The molecule has 9 heteroatoms. The van der Waals surface area contributed by atoms with Gasteiger partial charge in [0.25, 0.3) is 11.6 Å². The number of amides is 1. The van der Waals surface area contributed by atoms with E-state index in [1.807, 2.05) is 6.92 Å². The Morgan fingerprint density at radius 3 is 2.68 bits per heavy atom. The largest absolute Gasteiger partial charge is 0.455 e. The molecule has 130 valence electrons. The Balaban J connectivity index is 1.85. The average Bonchev–Trinajstić information content (AvgIpc) is 2.57. The van der Waals surface area contributed by atoms with E-state index in [1.165, 1.54) is 18.2 Å². The fraction of sp³-hybridized carbons (Fsp3) is 0.188. The number of pyridine rings is 1. The number of hydrogen-bond acceptors (Lipinski definition) is 6. The van der Waals surface area contributed by atoms with E-state index in [9.17, 15) is 19.7 Å². The van der Waals surface area contributed by atoms with Crippen LogP contribution in [0.15, 0.2) is 41.0 Å². The smallest absolute Gasteiger partial charge is 0.310 e. The van der Waals surface area contributed by atoms with E-state index in [0.29, 0.717) is 15.7 Å². The number of nitrogens with one attached hydrogen (secondary N) is 1. The highest BCUT2D eigenvalue weighted by atomic mass is 79.9. The van der Waals surface area contributed by atoms with Crippen LogP contribution < -0.4 is 5.32 Å². The molecule has 0 unspecified atom stereocenters. The number of rotatable bonds is 6. The molecule has 0 bridgehead atoms. The fourth-order valence-electron chi connectivity index (χ4n) is 1.87. The third kappa shape index (κ3) is 5.64. The van der Waals surface area contributed by atoms with E-state index in [4.69, 9.17) is 4.74 Å². The van der Waals surface area contributed by atoms with Crippen molar-refractivity contribution in [2.75, 3.05) is 11.9 Å². The van der Waals surface area contributed by atoms with Gasteiger partial charge in [0.2, 0.25) is 0 Å². The van der Waals surface area contributed by atoms with Crippen LogP contribution in [0.2, 0.25) is 0 Å². The summed E-state index contributed by atoms with van der Waals surface area (Å²) in [5.41, 5.74) is 1.76. The number of hydrogen-bond donors (Lipinski definition) is 1. The number of anilines is 1. The topological polar surface area (TPSA) is 111 Å². The molecule has 1 aromatic heterocycles. The summed E-state index contributed by atoms with van der Waals surface area (Å²) in [6, 6.07) is 7.46. The van der Waals surface area contributed by atoms with Crippen molar-refractivity contribution in [3.05, 3.63) is 62.4 Å². The van der Waals surface area contributed by atoms with Crippen LogP contribution in [-0.4, -0.2) is 28.4 Å². The lowest BCUT2D eigenvalue weighted by Crippen LogP contribution is -2.21. The first-order valence-corrected chi connectivity index (χ1v) is 7.95. The molecule has 0 radical (unpaired) electrons. The number of non-ortho nitro benzene ring substituents is 1. The number of aryl methyl sites for hydroxylation is 1.